The summed E-state index contributed by atoms with van der Waals surface area (Å²) in [5.41, 5.74) is 6.88. The van der Waals surface area contributed by atoms with E-state index in [1.54, 1.807) is 0 Å². The molecule has 0 aliphatic rings. The maximum absolute atomic E-state index is 13.0. The van der Waals surface area contributed by atoms with Crippen LogP contribution in [0.25, 0.3) is 0 Å². The SMILES string of the molecule is Nc1cncc(Br)c1Nc1cc(F)cc(F)c1. The first kappa shape index (κ1) is 11.8. The quantitative estimate of drug-likeness (QED) is 0.893. The van der Waals surface area contributed by atoms with E-state index in [-0.39, 0.29) is 5.69 Å². The second-order valence-electron chi connectivity index (χ2n) is 3.37. The number of aromatic nitrogens is 1. The second-order valence-corrected chi connectivity index (χ2v) is 4.22. The topological polar surface area (TPSA) is 50.9 Å². The van der Waals surface area contributed by atoms with Crippen LogP contribution in [0.5, 0.6) is 0 Å². The molecule has 0 unspecified atom stereocenters. The molecule has 0 aliphatic carbocycles. The summed E-state index contributed by atoms with van der Waals surface area (Å²) in [6.07, 6.45) is 2.98. The fourth-order valence-electron chi connectivity index (χ4n) is 1.35. The van der Waals surface area contributed by atoms with Crippen LogP contribution in [0.1, 0.15) is 0 Å². The average Bonchev–Trinajstić information content (AvgIpc) is 2.22. The summed E-state index contributed by atoms with van der Waals surface area (Å²) in [5, 5.41) is 2.83. The maximum atomic E-state index is 13.0. The highest BCUT2D eigenvalue weighted by Gasteiger charge is 2.07. The molecule has 0 amide bonds. The van der Waals surface area contributed by atoms with Gasteiger partial charge in [-0.05, 0) is 28.1 Å². The molecule has 0 fully saturated rings. The van der Waals surface area contributed by atoms with Crippen LogP contribution in [-0.4, -0.2) is 4.98 Å². The first-order valence-corrected chi connectivity index (χ1v) is 5.47. The monoisotopic (exact) mass is 299 g/mol. The number of hydrogen-bond acceptors (Lipinski definition) is 3. The number of pyridine rings is 1. The van der Waals surface area contributed by atoms with E-state index in [0.29, 0.717) is 15.8 Å². The van der Waals surface area contributed by atoms with Gasteiger partial charge in [0.15, 0.2) is 0 Å². The van der Waals surface area contributed by atoms with E-state index < -0.39 is 11.6 Å². The van der Waals surface area contributed by atoms with Gasteiger partial charge in [-0.3, -0.25) is 4.98 Å². The van der Waals surface area contributed by atoms with E-state index in [1.165, 1.54) is 24.5 Å². The van der Waals surface area contributed by atoms with E-state index in [2.05, 4.69) is 26.2 Å². The minimum absolute atomic E-state index is 0.279. The molecule has 17 heavy (non-hydrogen) atoms. The Labute approximate surface area is 105 Å². The number of benzene rings is 1. The lowest BCUT2D eigenvalue weighted by molar-refractivity contribution is 0.584. The molecule has 0 atom stereocenters. The van der Waals surface area contributed by atoms with Crippen molar-refractivity contribution < 1.29 is 8.78 Å². The molecule has 1 aromatic carbocycles. The average molecular weight is 300 g/mol. The number of rotatable bonds is 2. The summed E-state index contributed by atoms with van der Waals surface area (Å²) < 4.78 is 26.6. The van der Waals surface area contributed by atoms with Gasteiger partial charge in [0.05, 0.1) is 22.0 Å². The fourth-order valence-corrected chi connectivity index (χ4v) is 1.80. The predicted octanol–water partition coefficient (Wildman–Crippen LogP) is 3.45. The molecule has 0 radical (unpaired) electrons. The zero-order valence-electron chi connectivity index (χ0n) is 8.55. The van der Waals surface area contributed by atoms with Crippen molar-refractivity contribution in [3.63, 3.8) is 0 Å². The maximum Gasteiger partial charge on any atom is 0.128 e. The fraction of sp³-hybridized carbons (Fsp3) is 0. The standard InChI is InChI=1S/C11H8BrF2N3/c12-9-4-16-5-10(15)11(9)17-8-2-6(13)1-7(14)3-8/h1-5H,15H2,(H,16,17). The van der Waals surface area contributed by atoms with Gasteiger partial charge >= 0.3 is 0 Å². The molecule has 1 aromatic heterocycles. The normalized spacial score (nSPS) is 10.3. The van der Waals surface area contributed by atoms with Gasteiger partial charge in [0.25, 0.3) is 0 Å². The Morgan fingerprint density at radius 3 is 2.35 bits per heavy atom. The van der Waals surface area contributed by atoms with Crippen LogP contribution in [0.15, 0.2) is 35.1 Å². The van der Waals surface area contributed by atoms with E-state index in [1.807, 2.05) is 0 Å². The smallest absolute Gasteiger partial charge is 0.128 e. The Hall–Kier alpha value is -1.69. The highest BCUT2D eigenvalue weighted by molar-refractivity contribution is 9.10. The molecule has 6 heteroatoms. The zero-order chi connectivity index (χ0) is 12.4. The minimum atomic E-state index is -0.656. The molecular weight excluding hydrogens is 292 g/mol. The van der Waals surface area contributed by atoms with Gasteiger partial charge < -0.3 is 11.1 Å². The summed E-state index contributed by atoms with van der Waals surface area (Å²) >= 11 is 3.25. The van der Waals surface area contributed by atoms with Crippen LogP contribution in [-0.2, 0) is 0 Å². The molecule has 2 rings (SSSR count). The molecule has 3 nitrogen and oxygen atoms in total. The van der Waals surface area contributed by atoms with Gasteiger partial charge in [0.2, 0.25) is 0 Å². The molecule has 0 aliphatic heterocycles. The molecule has 0 bridgehead atoms. The van der Waals surface area contributed by atoms with Crippen LogP contribution in [0.3, 0.4) is 0 Å². The van der Waals surface area contributed by atoms with Gasteiger partial charge in [0, 0.05) is 18.0 Å². The van der Waals surface area contributed by atoms with Crippen molar-refractivity contribution in [3.8, 4) is 0 Å². The lowest BCUT2D eigenvalue weighted by atomic mass is 10.2. The molecular formula is C11H8BrF2N3. The summed E-state index contributed by atoms with van der Waals surface area (Å²) in [6, 6.07) is 3.15. The Bertz CT molecular complexity index is 520. The number of nitrogens with two attached hydrogens (primary N) is 1. The van der Waals surface area contributed by atoms with Gasteiger partial charge in [-0.2, -0.15) is 0 Å². The molecule has 1 heterocycles. The van der Waals surface area contributed by atoms with E-state index in [0.717, 1.165) is 6.07 Å². The highest BCUT2D eigenvalue weighted by atomic mass is 79.9. The predicted molar refractivity (Wildman–Crippen MR) is 66.0 cm³/mol. The van der Waals surface area contributed by atoms with Crippen LogP contribution < -0.4 is 11.1 Å². The van der Waals surface area contributed by atoms with Crippen molar-refractivity contribution in [1.29, 1.82) is 0 Å². The van der Waals surface area contributed by atoms with Crippen molar-refractivity contribution in [1.82, 2.24) is 4.98 Å². The lowest BCUT2D eigenvalue weighted by Crippen LogP contribution is -1.99. The molecule has 88 valence electrons. The van der Waals surface area contributed by atoms with Crippen molar-refractivity contribution in [3.05, 3.63) is 46.7 Å². The minimum Gasteiger partial charge on any atom is -0.396 e. The third kappa shape index (κ3) is 2.71. The van der Waals surface area contributed by atoms with Crippen molar-refractivity contribution in [2.75, 3.05) is 11.1 Å². The number of anilines is 3. The summed E-state index contributed by atoms with van der Waals surface area (Å²) in [6.45, 7) is 0. The van der Waals surface area contributed by atoms with Gasteiger partial charge in [0.1, 0.15) is 11.6 Å². The lowest BCUT2D eigenvalue weighted by Gasteiger charge is -2.10. The number of nitrogens with zero attached hydrogens (tertiary/aromatic N) is 1. The second kappa shape index (κ2) is 4.67. The summed E-state index contributed by atoms with van der Waals surface area (Å²) in [4.78, 5) is 3.86. The van der Waals surface area contributed by atoms with E-state index in [9.17, 15) is 8.78 Å². The van der Waals surface area contributed by atoms with Gasteiger partial charge in [-0.15, -0.1) is 0 Å². The van der Waals surface area contributed by atoms with E-state index in [4.69, 9.17) is 5.73 Å². The Kier molecular flexibility index (Phi) is 3.23. The summed E-state index contributed by atoms with van der Waals surface area (Å²) in [7, 11) is 0. The summed E-state index contributed by atoms with van der Waals surface area (Å²) in [5.74, 6) is -1.31. The number of nitrogens with one attached hydrogen (secondary N) is 1. The van der Waals surface area contributed by atoms with Crippen molar-refractivity contribution in [2.24, 2.45) is 0 Å². The molecule has 0 saturated heterocycles. The first-order valence-electron chi connectivity index (χ1n) is 4.68. The Balaban J connectivity index is 2.38. The molecule has 3 N–H and O–H groups in total. The van der Waals surface area contributed by atoms with Gasteiger partial charge in [-0.1, -0.05) is 0 Å². The third-order valence-electron chi connectivity index (χ3n) is 2.06. The highest BCUT2D eigenvalue weighted by Crippen LogP contribution is 2.30. The largest absolute Gasteiger partial charge is 0.396 e. The third-order valence-corrected chi connectivity index (χ3v) is 2.66. The molecule has 0 spiro atoms. The first-order chi connectivity index (χ1) is 8.06. The Morgan fingerprint density at radius 1 is 1.12 bits per heavy atom. The number of halogens is 3. The van der Waals surface area contributed by atoms with E-state index >= 15 is 0 Å². The number of nitrogen functional groups attached to an aromatic ring is 1. The van der Waals surface area contributed by atoms with Crippen molar-refractivity contribution in [2.45, 2.75) is 0 Å². The van der Waals surface area contributed by atoms with Crippen LogP contribution in [0, 0.1) is 11.6 Å². The van der Waals surface area contributed by atoms with Gasteiger partial charge in [-0.25, -0.2) is 8.78 Å². The zero-order valence-corrected chi connectivity index (χ0v) is 10.1. The van der Waals surface area contributed by atoms with Crippen LogP contribution in [0.2, 0.25) is 0 Å². The molecule has 0 saturated carbocycles. The number of hydrogen-bond donors (Lipinski definition) is 2. The van der Waals surface area contributed by atoms with Crippen LogP contribution >= 0.6 is 15.9 Å². The van der Waals surface area contributed by atoms with Crippen LogP contribution in [0.4, 0.5) is 25.8 Å². The van der Waals surface area contributed by atoms with Crippen molar-refractivity contribution >= 4 is 33.0 Å². The Morgan fingerprint density at radius 2 is 1.76 bits per heavy atom. The molecule has 2 aromatic rings.